The average molecular weight is 448 g/mol. The van der Waals surface area contributed by atoms with Gasteiger partial charge in [-0.25, -0.2) is 0 Å². The van der Waals surface area contributed by atoms with Crippen LogP contribution in [0.25, 0.3) is 6.08 Å². The lowest BCUT2D eigenvalue weighted by atomic mass is 9.86. The Morgan fingerprint density at radius 2 is 1.73 bits per heavy atom. The molecule has 5 nitrogen and oxygen atoms in total. The molecular formula is C23H23Cl2NO4. The molecule has 1 fully saturated rings. The van der Waals surface area contributed by atoms with Crippen molar-refractivity contribution in [1.82, 2.24) is 4.90 Å². The van der Waals surface area contributed by atoms with Gasteiger partial charge in [0.05, 0.1) is 14.2 Å². The quantitative estimate of drug-likeness (QED) is 0.584. The van der Waals surface area contributed by atoms with Gasteiger partial charge in [-0.3, -0.25) is 4.79 Å². The number of halogens is 2. The number of fused-ring (bicyclic) bond motifs is 1. The number of piperidine rings is 1. The number of nitrogens with zero attached hydrogens (tertiary/aromatic N) is 1. The van der Waals surface area contributed by atoms with Crippen LogP contribution in [-0.4, -0.2) is 45.0 Å². The van der Waals surface area contributed by atoms with Gasteiger partial charge in [0.1, 0.15) is 22.8 Å². The normalized spacial score (nSPS) is 18.4. The van der Waals surface area contributed by atoms with Gasteiger partial charge < -0.3 is 19.1 Å². The Morgan fingerprint density at radius 3 is 2.33 bits per heavy atom. The van der Waals surface area contributed by atoms with E-state index in [1.165, 1.54) is 7.11 Å². The van der Waals surface area contributed by atoms with Crippen LogP contribution in [0, 0.1) is 0 Å². The number of carbonyl (C=O) groups is 1. The Morgan fingerprint density at radius 1 is 1.10 bits per heavy atom. The smallest absolute Gasteiger partial charge is 0.235 e. The fourth-order valence-electron chi connectivity index (χ4n) is 4.12. The van der Waals surface area contributed by atoms with Crippen molar-refractivity contribution in [2.75, 3.05) is 34.4 Å². The summed E-state index contributed by atoms with van der Waals surface area (Å²) in [5.74, 6) is 1.75. The van der Waals surface area contributed by atoms with Crippen LogP contribution in [0.15, 0.2) is 30.0 Å². The van der Waals surface area contributed by atoms with E-state index in [2.05, 4.69) is 11.9 Å². The second kappa shape index (κ2) is 8.50. The van der Waals surface area contributed by atoms with Gasteiger partial charge >= 0.3 is 0 Å². The average Bonchev–Trinajstić information content (AvgIpc) is 3.06. The summed E-state index contributed by atoms with van der Waals surface area (Å²) in [5.41, 5.74) is 1.88. The molecule has 4 rings (SSSR count). The molecule has 2 aromatic rings. The molecule has 0 aliphatic carbocycles. The number of likely N-dealkylation sites (tertiary alicyclic amines) is 1. The van der Waals surface area contributed by atoms with Crippen molar-refractivity contribution in [3.63, 3.8) is 0 Å². The molecule has 0 unspecified atom stereocenters. The molecule has 1 saturated heterocycles. The van der Waals surface area contributed by atoms with Gasteiger partial charge in [-0.15, -0.1) is 0 Å². The fourth-order valence-corrected chi connectivity index (χ4v) is 4.62. The van der Waals surface area contributed by atoms with Crippen LogP contribution < -0.4 is 14.2 Å². The standard InChI is InChI=1S/C23H23Cl2NO4/c1-26-9-7-13(8-10-26)20-17(28-2)12-18(29-3)21-22(27)19(30-23(20)21)11-14-15(24)5-4-6-16(14)25/h4-6,11-13H,7-10H2,1-3H3/b19-11-. The maximum Gasteiger partial charge on any atom is 0.235 e. The van der Waals surface area contributed by atoms with Gasteiger partial charge in [0.25, 0.3) is 0 Å². The van der Waals surface area contributed by atoms with Crippen molar-refractivity contribution in [2.45, 2.75) is 18.8 Å². The summed E-state index contributed by atoms with van der Waals surface area (Å²) in [6.07, 6.45) is 3.51. The van der Waals surface area contributed by atoms with Crippen molar-refractivity contribution < 1.29 is 19.0 Å². The van der Waals surface area contributed by atoms with Gasteiger partial charge in [0.2, 0.25) is 5.78 Å². The number of ketones is 1. The Kier molecular flexibility index (Phi) is 5.96. The first-order valence-electron chi connectivity index (χ1n) is 9.80. The number of ether oxygens (including phenoxy) is 3. The van der Waals surface area contributed by atoms with Crippen LogP contribution in [0.1, 0.15) is 40.2 Å². The van der Waals surface area contributed by atoms with E-state index in [4.69, 9.17) is 37.4 Å². The van der Waals surface area contributed by atoms with Gasteiger partial charge in [0, 0.05) is 27.2 Å². The number of methoxy groups -OCH3 is 2. The first-order chi connectivity index (χ1) is 14.4. The summed E-state index contributed by atoms with van der Waals surface area (Å²) in [4.78, 5) is 15.6. The molecule has 7 heteroatoms. The van der Waals surface area contributed by atoms with Crippen LogP contribution in [0.4, 0.5) is 0 Å². The molecule has 0 amide bonds. The van der Waals surface area contributed by atoms with E-state index in [1.54, 1.807) is 37.5 Å². The Balaban J connectivity index is 1.84. The van der Waals surface area contributed by atoms with E-state index in [1.807, 2.05) is 0 Å². The Hall–Kier alpha value is -2.21. The summed E-state index contributed by atoms with van der Waals surface area (Å²) in [5, 5.41) is 0.893. The third kappa shape index (κ3) is 3.66. The lowest BCUT2D eigenvalue weighted by Crippen LogP contribution is -2.29. The monoisotopic (exact) mass is 447 g/mol. The largest absolute Gasteiger partial charge is 0.496 e. The van der Waals surface area contributed by atoms with Crippen molar-refractivity contribution in [1.29, 1.82) is 0 Å². The van der Waals surface area contributed by atoms with Crippen LogP contribution in [-0.2, 0) is 0 Å². The highest BCUT2D eigenvalue weighted by atomic mass is 35.5. The van der Waals surface area contributed by atoms with Gasteiger partial charge in [-0.1, -0.05) is 29.3 Å². The van der Waals surface area contributed by atoms with Gasteiger partial charge in [-0.2, -0.15) is 0 Å². The summed E-state index contributed by atoms with van der Waals surface area (Å²) in [7, 11) is 5.26. The Bertz CT molecular complexity index is 1010. The SMILES string of the molecule is COc1cc(OC)c(C2CCN(C)CC2)c2c1C(=O)/C(=C/c1c(Cl)cccc1Cl)O2. The number of carbonyl (C=O) groups excluding carboxylic acids is 1. The highest BCUT2D eigenvalue weighted by molar-refractivity contribution is 6.37. The minimum absolute atomic E-state index is 0.167. The number of allylic oxidation sites excluding steroid dienone is 1. The third-order valence-corrected chi connectivity index (χ3v) is 6.41. The summed E-state index contributed by atoms with van der Waals surface area (Å²) < 4.78 is 17.3. The zero-order valence-corrected chi connectivity index (χ0v) is 18.6. The molecule has 0 atom stereocenters. The first-order valence-corrected chi connectivity index (χ1v) is 10.6. The number of hydrogen-bond acceptors (Lipinski definition) is 5. The molecule has 0 radical (unpaired) electrons. The summed E-state index contributed by atoms with van der Waals surface area (Å²) in [6.45, 7) is 1.95. The van der Waals surface area contributed by atoms with E-state index in [0.717, 1.165) is 31.5 Å². The van der Waals surface area contributed by atoms with Gasteiger partial charge in [0.15, 0.2) is 5.76 Å². The molecule has 2 aliphatic rings. The second-order valence-corrected chi connectivity index (χ2v) is 8.37. The maximum atomic E-state index is 13.3. The predicted molar refractivity (Wildman–Crippen MR) is 118 cm³/mol. The molecule has 0 spiro atoms. The second-order valence-electron chi connectivity index (χ2n) is 7.55. The van der Waals surface area contributed by atoms with Gasteiger partial charge in [-0.05, 0) is 57.1 Å². The number of hydrogen-bond donors (Lipinski definition) is 0. The van der Waals surface area contributed by atoms with E-state index in [0.29, 0.717) is 38.4 Å². The topological polar surface area (TPSA) is 48.0 Å². The molecule has 2 aromatic carbocycles. The van der Waals surface area contributed by atoms with E-state index >= 15 is 0 Å². The minimum atomic E-state index is -0.255. The highest BCUT2D eigenvalue weighted by Crippen LogP contribution is 2.50. The van der Waals surface area contributed by atoms with Crippen molar-refractivity contribution >= 4 is 35.1 Å². The molecule has 2 aliphatic heterocycles. The summed E-state index contributed by atoms with van der Waals surface area (Å²) >= 11 is 12.6. The molecule has 0 saturated carbocycles. The highest BCUT2D eigenvalue weighted by Gasteiger charge is 2.38. The third-order valence-electron chi connectivity index (χ3n) is 5.75. The molecule has 0 N–H and O–H groups in total. The van der Waals surface area contributed by atoms with Crippen LogP contribution in [0.2, 0.25) is 10.0 Å². The fraction of sp³-hybridized carbons (Fsp3) is 0.348. The number of Topliss-reactive ketones (excluding diaryl/α,β-unsaturated/α-hetero) is 1. The van der Waals surface area contributed by atoms with Crippen LogP contribution >= 0.6 is 23.2 Å². The molecular weight excluding hydrogens is 425 g/mol. The van der Waals surface area contributed by atoms with Crippen LogP contribution in [0.3, 0.4) is 0 Å². The zero-order chi connectivity index (χ0) is 21.4. The number of rotatable bonds is 4. The van der Waals surface area contributed by atoms with Crippen molar-refractivity contribution in [3.8, 4) is 17.2 Å². The molecule has 30 heavy (non-hydrogen) atoms. The van der Waals surface area contributed by atoms with E-state index < -0.39 is 0 Å². The predicted octanol–water partition coefficient (Wildman–Crippen LogP) is 5.44. The molecule has 158 valence electrons. The summed E-state index contributed by atoms with van der Waals surface area (Å²) in [6, 6.07) is 6.98. The Labute approximate surface area is 186 Å². The molecule has 0 aromatic heterocycles. The molecule has 2 heterocycles. The number of benzene rings is 2. The first kappa shape index (κ1) is 21.0. The van der Waals surface area contributed by atoms with Crippen LogP contribution in [0.5, 0.6) is 17.2 Å². The maximum absolute atomic E-state index is 13.3. The lowest BCUT2D eigenvalue weighted by Gasteiger charge is -2.30. The van der Waals surface area contributed by atoms with Crippen molar-refractivity contribution in [3.05, 3.63) is 56.8 Å². The lowest BCUT2D eigenvalue weighted by molar-refractivity contribution is 0.101. The van der Waals surface area contributed by atoms with E-state index in [-0.39, 0.29) is 17.5 Å². The molecule has 0 bridgehead atoms. The van der Waals surface area contributed by atoms with E-state index in [9.17, 15) is 4.79 Å². The minimum Gasteiger partial charge on any atom is -0.496 e. The zero-order valence-electron chi connectivity index (χ0n) is 17.1. The van der Waals surface area contributed by atoms with Crippen molar-refractivity contribution in [2.24, 2.45) is 0 Å².